The van der Waals surface area contributed by atoms with Crippen LogP contribution in [-0.4, -0.2) is 24.6 Å². The van der Waals surface area contributed by atoms with Crippen molar-refractivity contribution in [2.75, 3.05) is 7.11 Å². The standard InChI is InChI=1S/C12H12O4/c1-12(11(14)15-2)7-8-5-3-4-6-9(8)10(13)16-12/h3-6H,7H2,1-2H3/t12-/m0/s1. The summed E-state index contributed by atoms with van der Waals surface area (Å²) in [6, 6.07) is 7.10. The summed E-state index contributed by atoms with van der Waals surface area (Å²) in [5, 5.41) is 0. The molecule has 0 fully saturated rings. The van der Waals surface area contributed by atoms with Gasteiger partial charge in [-0.15, -0.1) is 0 Å². The van der Waals surface area contributed by atoms with Crippen molar-refractivity contribution in [3.8, 4) is 0 Å². The number of hydrogen-bond acceptors (Lipinski definition) is 4. The first kappa shape index (κ1) is 10.7. The Labute approximate surface area is 93.2 Å². The Hall–Kier alpha value is -1.84. The van der Waals surface area contributed by atoms with Crippen molar-refractivity contribution >= 4 is 11.9 Å². The maximum atomic E-state index is 11.7. The third kappa shape index (κ3) is 1.56. The number of carbonyl (C=O) groups excluding carboxylic acids is 2. The van der Waals surface area contributed by atoms with Gasteiger partial charge in [0.15, 0.2) is 0 Å². The van der Waals surface area contributed by atoms with Crippen LogP contribution in [0.5, 0.6) is 0 Å². The summed E-state index contributed by atoms with van der Waals surface area (Å²) in [7, 11) is 1.28. The molecule has 1 aromatic rings. The number of rotatable bonds is 1. The second kappa shape index (κ2) is 3.63. The van der Waals surface area contributed by atoms with Gasteiger partial charge in [0, 0.05) is 6.42 Å². The van der Waals surface area contributed by atoms with Crippen molar-refractivity contribution in [1.29, 1.82) is 0 Å². The average molecular weight is 220 g/mol. The lowest BCUT2D eigenvalue weighted by Crippen LogP contribution is -2.46. The summed E-state index contributed by atoms with van der Waals surface area (Å²) in [5.41, 5.74) is 0.121. The van der Waals surface area contributed by atoms with E-state index in [0.29, 0.717) is 12.0 Å². The van der Waals surface area contributed by atoms with E-state index < -0.39 is 17.5 Å². The molecule has 0 aromatic heterocycles. The maximum absolute atomic E-state index is 11.7. The third-order valence-corrected chi connectivity index (χ3v) is 2.70. The molecular formula is C12H12O4. The maximum Gasteiger partial charge on any atom is 0.350 e. The first-order valence-electron chi connectivity index (χ1n) is 4.96. The van der Waals surface area contributed by atoms with Crippen LogP contribution in [0.25, 0.3) is 0 Å². The molecule has 1 aliphatic rings. The van der Waals surface area contributed by atoms with Gasteiger partial charge in [-0.25, -0.2) is 9.59 Å². The minimum absolute atomic E-state index is 0.349. The van der Waals surface area contributed by atoms with Crippen LogP contribution in [0, 0.1) is 0 Å². The number of benzene rings is 1. The summed E-state index contributed by atoms with van der Waals surface area (Å²) >= 11 is 0. The van der Waals surface area contributed by atoms with E-state index in [0.717, 1.165) is 5.56 Å². The number of methoxy groups -OCH3 is 1. The first-order valence-corrected chi connectivity index (χ1v) is 4.96. The Bertz CT molecular complexity index is 452. The second-order valence-corrected chi connectivity index (χ2v) is 3.95. The highest BCUT2D eigenvalue weighted by molar-refractivity contribution is 5.96. The molecule has 0 bridgehead atoms. The van der Waals surface area contributed by atoms with Gasteiger partial charge in [-0.05, 0) is 18.6 Å². The minimum atomic E-state index is -1.21. The van der Waals surface area contributed by atoms with E-state index in [1.807, 2.05) is 12.1 Å². The van der Waals surface area contributed by atoms with E-state index in [9.17, 15) is 9.59 Å². The van der Waals surface area contributed by atoms with Crippen LogP contribution in [0.3, 0.4) is 0 Å². The summed E-state index contributed by atoms with van der Waals surface area (Å²) < 4.78 is 9.78. The first-order chi connectivity index (χ1) is 7.57. The Balaban J connectivity index is 2.41. The summed E-state index contributed by atoms with van der Waals surface area (Å²) in [5.74, 6) is -1.01. The molecule has 0 saturated carbocycles. The van der Waals surface area contributed by atoms with Crippen LogP contribution in [0.15, 0.2) is 24.3 Å². The molecule has 0 N–H and O–H groups in total. The van der Waals surface area contributed by atoms with Crippen molar-refractivity contribution in [3.63, 3.8) is 0 Å². The van der Waals surface area contributed by atoms with E-state index in [-0.39, 0.29) is 0 Å². The van der Waals surface area contributed by atoms with Crippen molar-refractivity contribution in [1.82, 2.24) is 0 Å². The lowest BCUT2D eigenvalue weighted by molar-refractivity contribution is -0.161. The van der Waals surface area contributed by atoms with E-state index in [1.54, 1.807) is 19.1 Å². The van der Waals surface area contributed by atoms with Crippen LogP contribution in [0.2, 0.25) is 0 Å². The van der Waals surface area contributed by atoms with E-state index >= 15 is 0 Å². The van der Waals surface area contributed by atoms with Crippen LogP contribution in [0.4, 0.5) is 0 Å². The van der Waals surface area contributed by atoms with Gasteiger partial charge < -0.3 is 9.47 Å². The summed E-state index contributed by atoms with van der Waals surface area (Å²) in [4.78, 5) is 23.2. The second-order valence-electron chi connectivity index (χ2n) is 3.95. The van der Waals surface area contributed by atoms with Crippen LogP contribution in [-0.2, 0) is 20.7 Å². The Morgan fingerprint density at radius 3 is 2.81 bits per heavy atom. The zero-order valence-corrected chi connectivity index (χ0v) is 9.15. The van der Waals surface area contributed by atoms with Gasteiger partial charge in [0.05, 0.1) is 12.7 Å². The fraction of sp³-hybridized carbons (Fsp3) is 0.333. The molecule has 0 radical (unpaired) electrons. The SMILES string of the molecule is COC(=O)[C@]1(C)Cc2ccccc2C(=O)O1. The number of ether oxygens (including phenoxy) is 2. The molecule has 4 heteroatoms. The highest BCUT2D eigenvalue weighted by Gasteiger charge is 2.43. The van der Waals surface area contributed by atoms with Crippen molar-refractivity contribution in [3.05, 3.63) is 35.4 Å². The lowest BCUT2D eigenvalue weighted by atomic mass is 9.90. The Kier molecular flexibility index (Phi) is 2.42. The average Bonchev–Trinajstić information content (AvgIpc) is 2.27. The largest absolute Gasteiger partial charge is 0.466 e. The van der Waals surface area contributed by atoms with Gasteiger partial charge in [-0.1, -0.05) is 18.2 Å². The van der Waals surface area contributed by atoms with E-state index in [4.69, 9.17) is 4.74 Å². The van der Waals surface area contributed by atoms with Gasteiger partial charge in [0.1, 0.15) is 0 Å². The molecule has 0 amide bonds. The quantitative estimate of drug-likeness (QED) is 0.670. The van der Waals surface area contributed by atoms with Gasteiger partial charge in [-0.2, -0.15) is 0 Å². The summed E-state index contributed by atoms with van der Waals surface area (Å²) in [6.45, 7) is 1.56. The van der Waals surface area contributed by atoms with E-state index in [1.165, 1.54) is 7.11 Å². The molecule has 2 rings (SSSR count). The normalized spacial score (nSPS) is 23.2. The van der Waals surface area contributed by atoms with Crippen LogP contribution < -0.4 is 0 Å². The third-order valence-electron chi connectivity index (χ3n) is 2.70. The molecule has 0 saturated heterocycles. The molecular weight excluding hydrogens is 208 g/mol. The minimum Gasteiger partial charge on any atom is -0.466 e. The number of fused-ring (bicyclic) bond motifs is 1. The molecule has 0 aliphatic carbocycles. The molecule has 84 valence electrons. The zero-order chi connectivity index (χ0) is 11.8. The number of carbonyl (C=O) groups is 2. The fourth-order valence-corrected chi connectivity index (χ4v) is 1.86. The smallest absolute Gasteiger partial charge is 0.350 e. The predicted octanol–water partition coefficient (Wildman–Crippen LogP) is 1.33. The van der Waals surface area contributed by atoms with Crippen molar-refractivity contribution < 1.29 is 19.1 Å². The molecule has 4 nitrogen and oxygen atoms in total. The summed E-state index contributed by atoms with van der Waals surface area (Å²) in [6.07, 6.45) is 0.349. The van der Waals surface area contributed by atoms with Crippen LogP contribution in [0.1, 0.15) is 22.8 Å². The Morgan fingerprint density at radius 2 is 2.12 bits per heavy atom. The number of hydrogen-bond donors (Lipinski definition) is 0. The Morgan fingerprint density at radius 1 is 1.44 bits per heavy atom. The van der Waals surface area contributed by atoms with Crippen LogP contribution >= 0.6 is 0 Å². The molecule has 1 atom stereocenters. The predicted molar refractivity (Wildman–Crippen MR) is 56.0 cm³/mol. The van der Waals surface area contributed by atoms with E-state index in [2.05, 4.69) is 4.74 Å². The van der Waals surface area contributed by atoms with Gasteiger partial charge in [0.25, 0.3) is 0 Å². The van der Waals surface area contributed by atoms with Gasteiger partial charge >= 0.3 is 11.9 Å². The lowest BCUT2D eigenvalue weighted by Gasteiger charge is -2.31. The van der Waals surface area contributed by atoms with Crippen molar-refractivity contribution in [2.24, 2.45) is 0 Å². The molecule has 1 aliphatic heterocycles. The van der Waals surface area contributed by atoms with Gasteiger partial charge in [0.2, 0.25) is 5.60 Å². The molecule has 0 unspecified atom stereocenters. The molecule has 1 heterocycles. The molecule has 16 heavy (non-hydrogen) atoms. The number of cyclic esters (lactones) is 1. The zero-order valence-electron chi connectivity index (χ0n) is 9.15. The molecule has 1 aromatic carbocycles. The highest BCUT2D eigenvalue weighted by Crippen LogP contribution is 2.28. The van der Waals surface area contributed by atoms with Crippen molar-refractivity contribution in [2.45, 2.75) is 18.9 Å². The topological polar surface area (TPSA) is 52.6 Å². The monoisotopic (exact) mass is 220 g/mol. The molecule has 0 spiro atoms. The fourth-order valence-electron chi connectivity index (χ4n) is 1.86. The van der Waals surface area contributed by atoms with Gasteiger partial charge in [-0.3, -0.25) is 0 Å². The number of esters is 2. The highest BCUT2D eigenvalue weighted by atomic mass is 16.6.